The summed E-state index contributed by atoms with van der Waals surface area (Å²) in [6.07, 6.45) is 3.95. The first-order valence-corrected chi connectivity index (χ1v) is 6.06. The van der Waals surface area contributed by atoms with Crippen molar-refractivity contribution in [2.24, 2.45) is 7.05 Å². The maximum absolute atomic E-state index is 8.99. The van der Waals surface area contributed by atoms with Crippen LogP contribution in [0.3, 0.4) is 0 Å². The van der Waals surface area contributed by atoms with E-state index in [1.54, 1.807) is 6.20 Å². The van der Waals surface area contributed by atoms with Crippen molar-refractivity contribution in [3.8, 4) is 0 Å². The van der Waals surface area contributed by atoms with E-state index in [9.17, 15) is 0 Å². The predicted octanol–water partition coefficient (Wildman–Crippen LogP) is 1.67. The van der Waals surface area contributed by atoms with Crippen molar-refractivity contribution in [1.82, 2.24) is 14.5 Å². The summed E-state index contributed by atoms with van der Waals surface area (Å²) >= 11 is 5.93. The quantitative estimate of drug-likeness (QED) is 0.795. The molecule has 0 atom stereocenters. The minimum atomic E-state index is 0.182. The highest BCUT2D eigenvalue weighted by atomic mass is 35.5. The van der Waals surface area contributed by atoms with Crippen LogP contribution in [0.1, 0.15) is 25.6 Å². The Morgan fingerprint density at radius 1 is 1.50 bits per heavy atom. The van der Waals surface area contributed by atoms with Gasteiger partial charge in [0.05, 0.1) is 19.3 Å². The molecule has 0 aliphatic rings. The van der Waals surface area contributed by atoms with Crippen LogP contribution in [-0.4, -0.2) is 39.3 Å². The predicted molar refractivity (Wildman–Crippen MR) is 65.5 cm³/mol. The molecule has 0 spiro atoms. The molecule has 1 heterocycles. The summed E-state index contributed by atoms with van der Waals surface area (Å²) in [6.45, 7) is 4.76. The van der Waals surface area contributed by atoms with Gasteiger partial charge in [0.25, 0.3) is 0 Å². The zero-order valence-corrected chi connectivity index (χ0v) is 10.7. The molecule has 0 aliphatic heterocycles. The van der Waals surface area contributed by atoms with Crippen LogP contribution in [0.25, 0.3) is 0 Å². The number of aromatic nitrogens is 2. The highest BCUT2D eigenvalue weighted by Gasteiger charge is 2.10. The highest BCUT2D eigenvalue weighted by Crippen LogP contribution is 2.11. The number of nitrogens with zero attached hydrogens (tertiary/aromatic N) is 3. The van der Waals surface area contributed by atoms with Crippen LogP contribution >= 0.6 is 11.6 Å². The van der Waals surface area contributed by atoms with Gasteiger partial charge in [0, 0.05) is 13.6 Å². The lowest BCUT2D eigenvalue weighted by Crippen LogP contribution is -2.28. The van der Waals surface area contributed by atoms with E-state index < -0.39 is 0 Å². The molecule has 0 fully saturated rings. The molecule has 16 heavy (non-hydrogen) atoms. The van der Waals surface area contributed by atoms with Gasteiger partial charge in [0.15, 0.2) is 0 Å². The fourth-order valence-corrected chi connectivity index (χ4v) is 1.71. The van der Waals surface area contributed by atoms with E-state index in [-0.39, 0.29) is 6.61 Å². The molecule has 1 rings (SSSR count). The van der Waals surface area contributed by atoms with Crippen LogP contribution in [0.4, 0.5) is 0 Å². The molecular formula is C11H20ClN3O. The maximum atomic E-state index is 8.99. The summed E-state index contributed by atoms with van der Waals surface area (Å²) in [4.78, 5) is 6.45. The summed E-state index contributed by atoms with van der Waals surface area (Å²) in [5.74, 6) is 0.939. The standard InChI is InChI=1S/C11H20ClN3O/c1-3-4-5-15(6-7-16)9-11-13-8-10(12)14(11)2/h8,16H,3-7,9H2,1-2H3. The number of aliphatic hydroxyl groups is 1. The van der Waals surface area contributed by atoms with Gasteiger partial charge in [-0.15, -0.1) is 0 Å². The van der Waals surface area contributed by atoms with Crippen molar-refractivity contribution in [3.63, 3.8) is 0 Å². The Balaban J connectivity index is 2.56. The van der Waals surface area contributed by atoms with Gasteiger partial charge in [-0.05, 0) is 13.0 Å². The van der Waals surface area contributed by atoms with E-state index in [2.05, 4.69) is 16.8 Å². The van der Waals surface area contributed by atoms with E-state index in [1.807, 2.05) is 11.6 Å². The lowest BCUT2D eigenvalue weighted by Gasteiger charge is -2.20. The van der Waals surface area contributed by atoms with Crippen LogP contribution in [0.5, 0.6) is 0 Å². The molecule has 0 saturated carbocycles. The van der Waals surface area contributed by atoms with Crippen LogP contribution in [0.15, 0.2) is 6.20 Å². The lowest BCUT2D eigenvalue weighted by atomic mass is 10.3. The average molecular weight is 246 g/mol. The number of halogens is 1. The molecule has 0 aliphatic carbocycles. The van der Waals surface area contributed by atoms with Crippen molar-refractivity contribution >= 4 is 11.6 Å². The Bertz CT molecular complexity index is 314. The third-order valence-corrected chi connectivity index (χ3v) is 2.99. The molecule has 92 valence electrons. The Kier molecular flexibility index (Phi) is 5.80. The van der Waals surface area contributed by atoms with E-state index in [0.29, 0.717) is 11.7 Å². The Morgan fingerprint density at radius 3 is 2.75 bits per heavy atom. The fraction of sp³-hybridized carbons (Fsp3) is 0.727. The van der Waals surface area contributed by atoms with Gasteiger partial charge >= 0.3 is 0 Å². The van der Waals surface area contributed by atoms with Gasteiger partial charge in [-0.25, -0.2) is 4.98 Å². The molecule has 1 N–H and O–H groups in total. The van der Waals surface area contributed by atoms with Gasteiger partial charge in [-0.2, -0.15) is 0 Å². The number of aliphatic hydroxyl groups excluding tert-OH is 1. The molecule has 0 amide bonds. The van der Waals surface area contributed by atoms with Crippen molar-refractivity contribution in [2.75, 3.05) is 19.7 Å². The minimum Gasteiger partial charge on any atom is -0.395 e. The number of rotatable bonds is 7. The van der Waals surface area contributed by atoms with Gasteiger partial charge < -0.3 is 9.67 Å². The van der Waals surface area contributed by atoms with Crippen molar-refractivity contribution in [3.05, 3.63) is 17.2 Å². The first-order valence-electron chi connectivity index (χ1n) is 5.68. The largest absolute Gasteiger partial charge is 0.395 e. The molecule has 0 unspecified atom stereocenters. The lowest BCUT2D eigenvalue weighted by molar-refractivity contribution is 0.184. The average Bonchev–Trinajstić information content (AvgIpc) is 2.58. The summed E-state index contributed by atoms with van der Waals surface area (Å²) in [5.41, 5.74) is 0. The van der Waals surface area contributed by atoms with Gasteiger partial charge in [0.2, 0.25) is 0 Å². The topological polar surface area (TPSA) is 41.3 Å². The molecular weight excluding hydrogens is 226 g/mol. The first kappa shape index (κ1) is 13.5. The normalized spacial score (nSPS) is 11.3. The second-order valence-electron chi connectivity index (χ2n) is 3.91. The third-order valence-electron chi connectivity index (χ3n) is 2.64. The molecule has 4 nitrogen and oxygen atoms in total. The van der Waals surface area contributed by atoms with Crippen LogP contribution in [-0.2, 0) is 13.6 Å². The molecule has 0 aromatic carbocycles. The monoisotopic (exact) mass is 245 g/mol. The molecule has 5 heteroatoms. The summed E-state index contributed by atoms with van der Waals surface area (Å²) in [5, 5.41) is 9.64. The molecule has 0 saturated heterocycles. The SMILES string of the molecule is CCCCN(CCO)Cc1ncc(Cl)n1C. The first-order chi connectivity index (χ1) is 7.69. The zero-order valence-electron chi connectivity index (χ0n) is 9.99. The number of imidazole rings is 1. The number of hydrogen-bond donors (Lipinski definition) is 1. The minimum absolute atomic E-state index is 0.182. The van der Waals surface area contributed by atoms with Crippen LogP contribution in [0, 0.1) is 0 Å². The van der Waals surface area contributed by atoms with E-state index in [0.717, 1.165) is 31.8 Å². The van der Waals surface area contributed by atoms with E-state index in [4.69, 9.17) is 16.7 Å². The molecule has 0 radical (unpaired) electrons. The van der Waals surface area contributed by atoms with Crippen LogP contribution in [0.2, 0.25) is 5.15 Å². The summed E-state index contributed by atoms with van der Waals surface area (Å²) < 4.78 is 1.87. The smallest absolute Gasteiger partial charge is 0.128 e. The second kappa shape index (κ2) is 6.89. The van der Waals surface area contributed by atoms with Crippen molar-refractivity contribution < 1.29 is 5.11 Å². The van der Waals surface area contributed by atoms with Gasteiger partial charge in [-0.1, -0.05) is 24.9 Å². The Morgan fingerprint density at radius 2 is 2.25 bits per heavy atom. The maximum Gasteiger partial charge on any atom is 0.128 e. The molecule has 1 aromatic heterocycles. The summed E-state index contributed by atoms with van der Waals surface area (Å²) in [7, 11) is 1.90. The second-order valence-corrected chi connectivity index (χ2v) is 4.30. The van der Waals surface area contributed by atoms with Gasteiger partial charge in [-0.3, -0.25) is 4.90 Å². The van der Waals surface area contributed by atoms with E-state index >= 15 is 0 Å². The number of unbranched alkanes of at least 4 members (excludes halogenated alkanes) is 1. The Labute approximate surface area is 102 Å². The van der Waals surface area contributed by atoms with Crippen molar-refractivity contribution in [2.45, 2.75) is 26.3 Å². The van der Waals surface area contributed by atoms with Crippen LogP contribution < -0.4 is 0 Å². The molecule has 0 bridgehead atoms. The Hall–Kier alpha value is -0.580. The fourth-order valence-electron chi connectivity index (χ4n) is 1.56. The zero-order chi connectivity index (χ0) is 12.0. The number of hydrogen-bond acceptors (Lipinski definition) is 3. The van der Waals surface area contributed by atoms with Gasteiger partial charge in [0.1, 0.15) is 11.0 Å². The third kappa shape index (κ3) is 3.77. The summed E-state index contributed by atoms with van der Waals surface area (Å²) in [6, 6.07) is 0. The molecule has 1 aromatic rings. The highest BCUT2D eigenvalue weighted by molar-refractivity contribution is 6.29. The van der Waals surface area contributed by atoms with E-state index in [1.165, 1.54) is 0 Å². The van der Waals surface area contributed by atoms with Crippen molar-refractivity contribution in [1.29, 1.82) is 0 Å².